The maximum Gasteiger partial charge on any atom is 0.369 e. The van der Waals surface area contributed by atoms with Gasteiger partial charge in [-0.2, -0.15) is 0 Å². The number of aromatic amines is 1. The smallest absolute Gasteiger partial charge is 0.360 e. The average Bonchev–Trinajstić information content (AvgIpc) is 2.87. The van der Waals surface area contributed by atoms with Gasteiger partial charge < -0.3 is 9.82 Å². The number of amides is 2. The highest BCUT2D eigenvalue weighted by Gasteiger charge is 2.39. The molecule has 1 N–H and O–H groups in total. The second kappa shape index (κ2) is 5.38. The van der Waals surface area contributed by atoms with E-state index < -0.39 is 23.2 Å². The maximum atomic E-state index is 12.4. The first-order valence-corrected chi connectivity index (χ1v) is 7.23. The molecule has 3 aromatic rings. The minimum absolute atomic E-state index is 0.136. The highest BCUT2D eigenvalue weighted by Crippen LogP contribution is 2.23. The number of nitrogens with zero attached hydrogens (tertiary/aromatic N) is 2. The lowest BCUT2D eigenvalue weighted by Crippen LogP contribution is -2.34. The van der Waals surface area contributed by atoms with Crippen LogP contribution in [0.25, 0.3) is 10.9 Å². The molecule has 122 valence electrons. The Morgan fingerprint density at radius 1 is 1.04 bits per heavy atom. The van der Waals surface area contributed by atoms with Crippen LogP contribution in [0.2, 0.25) is 0 Å². The molecular weight excluding hydrogens is 326 g/mol. The van der Waals surface area contributed by atoms with Crippen LogP contribution in [-0.2, 0) is 4.84 Å². The number of H-pyrrole nitrogens is 1. The van der Waals surface area contributed by atoms with Gasteiger partial charge in [-0.3, -0.25) is 19.4 Å². The van der Waals surface area contributed by atoms with Gasteiger partial charge in [0, 0.05) is 18.6 Å². The number of nitrogens with one attached hydrogen (secondary N) is 1. The SMILES string of the molecule is O=C(ON1C(=O)c2ccccc2C1=O)c1c[nH]c2ccncc2c1=O. The minimum Gasteiger partial charge on any atom is -0.360 e. The highest BCUT2D eigenvalue weighted by atomic mass is 16.7. The predicted molar refractivity (Wildman–Crippen MR) is 84.7 cm³/mol. The van der Waals surface area contributed by atoms with Crippen molar-refractivity contribution >= 4 is 28.7 Å². The number of imide groups is 1. The number of benzene rings is 1. The second-order valence-corrected chi connectivity index (χ2v) is 5.28. The molecule has 2 aromatic heterocycles. The molecule has 0 radical (unpaired) electrons. The Labute approximate surface area is 139 Å². The van der Waals surface area contributed by atoms with Crippen LogP contribution in [0, 0.1) is 0 Å². The molecule has 0 aliphatic carbocycles. The first-order valence-electron chi connectivity index (χ1n) is 7.23. The Bertz CT molecular complexity index is 1080. The molecule has 25 heavy (non-hydrogen) atoms. The molecule has 0 bridgehead atoms. The Hall–Kier alpha value is -3.81. The van der Waals surface area contributed by atoms with E-state index >= 15 is 0 Å². The van der Waals surface area contributed by atoms with E-state index in [0.717, 1.165) is 0 Å². The van der Waals surface area contributed by atoms with Gasteiger partial charge in [0.2, 0.25) is 5.43 Å². The number of rotatable bonds is 2. The Morgan fingerprint density at radius 2 is 1.72 bits per heavy atom. The fraction of sp³-hybridized carbons (Fsp3) is 0. The summed E-state index contributed by atoms with van der Waals surface area (Å²) >= 11 is 0. The van der Waals surface area contributed by atoms with Crippen molar-refractivity contribution in [1.82, 2.24) is 15.0 Å². The molecule has 4 rings (SSSR count). The van der Waals surface area contributed by atoms with E-state index in [1.165, 1.54) is 30.7 Å². The lowest BCUT2D eigenvalue weighted by Gasteiger charge is -2.12. The molecule has 8 heteroatoms. The molecule has 0 spiro atoms. The number of carbonyl (C=O) groups excluding carboxylic acids is 3. The summed E-state index contributed by atoms with van der Waals surface area (Å²) in [6.07, 6.45) is 3.98. The van der Waals surface area contributed by atoms with Crippen LogP contribution < -0.4 is 5.43 Å². The van der Waals surface area contributed by atoms with Crippen molar-refractivity contribution < 1.29 is 19.2 Å². The molecule has 1 aliphatic rings. The van der Waals surface area contributed by atoms with Crippen LogP contribution in [0.3, 0.4) is 0 Å². The van der Waals surface area contributed by atoms with Crippen molar-refractivity contribution in [3.8, 4) is 0 Å². The third-order valence-electron chi connectivity index (χ3n) is 3.83. The van der Waals surface area contributed by atoms with Crippen LogP contribution in [-0.4, -0.2) is 32.8 Å². The van der Waals surface area contributed by atoms with E-state index in [4.69, 9.17) is 4.84 Å². The predicted octanol–water partition coefficient (Wildman–Crippen LogP) is 1.29. The van der Waals surface area contributed by atoms with Gasteiger partial charge in [0.15, 0.2) is 0 Å². The van der Waals surface area contributed by atoms with Crippen molar-refractivity contribution in [2.45, 2.75) is 0 Å². The number of fused-ring (bicyclic) bond motifs is 2. The normalized spacial score (nSPS) is 13.2. The minimum atomic E-state index is -1.11. The summed E-state index contributed by atoms with van der Waals surface area (Å²) < 4.78 is 0. The number of carbonyl (C=O) groups is 3. The van der Waals surface area contributed by atoms with Gasteiger partial charge in [-0.1, -0.05) is 17.2 Å². The van der Waals surface area contributed by atoms with Crippen LogP contribution in [0.1, 0.15) is 31.1 Å². The summed E-state index contributed by atoms with van der Waals surface area (Å²) in [6, 6.07) is 7.68. The number of aromatic nitrogens is 2. The van der Waals surface area contributed by atoms with Crippen LogP contribution in [0.15, 0.2) is 53.7 Å². The van der Waals surface area contributed by atoms with E-state index in [1.807, 2.05) is 0 Å². The lowest BCUT2D eigenvalue weighted by atomic mass is 10.1. The van der Waals surface area contributed by atoms with E-state index in [9.17, 15) is 19.2 Å². The quantitative estimate of drug-likeness (QED) is 0.707. The molecule has 3 heterocycles. The van der Waals surface area contributed by atoms with Crippen molar-refractivity contribution in [2.75, 3.05) is 0 Å². The van der Waals surface area contributed by atoms with Gasteiger partial charge in [0.1, 0.15) is 5.56 Å². The van der Waals surface area contributed by atoms with Gasteiger partial charge in [0.25, 0.3) is 11.8 Å². The van der Waals surface area contributed by atoms with Crippen LogP contribution in [0.5, 0.6) is 0 Å². The Morgan fingerprint density at radius 3 is 2.40 bits per heavy atom. The third-order valence-corrected chi connectivity index (χ3v) is 3.83. The summed E-state index contributed by atoms with van der Waals surface area (Å²) in [5, 5.41) is 0.555. The summed E-state index contributed by atoms with van der Waals surface area (Å²) in [7, 11) is 0. The van der Waals surface area contributed by atoms with E-state index in [0.29, 0.717) is 10.6 Å². The zero-order valence-corrected chi connectivity index (χ0v) is 12.6. The second-order valence-electron chi connectivity index (χ2n) is 5.28. The molecule has 0 saturated carbocycles. The summed E-state index contributed by atoms with van der Waals surface area (Å²) in [6.45, 7) is 0. The number of hydroxylamine groups is 2. The number of hydrogen-bond donors (Lipinski definition) is 1. The molecule has 0 fully saturated rings. The van der Waals surface area contributed by atoms with Crippen molar-refractivity contribution in [3.05, 3.63) is 75.8 Å². The van der Waals surface area contributed by atoms with Gasteiger partial charge >= 0.3 is 5.97 Å². The summed E-state index contributed by atoms with van der Waals surface area (Å²) in [5.74, 6) is -2.62. The van der Waals surface area contributed by atoms with Gasteiger partial charge in [0.05, 0.1) is 22.0 Å². The van der Waals surface area contributed by atoms with Gasteiger partial charge in [-0.25, -0.2) is 4.79 Å². The zero-order chi connectivity index (χ0) is 17.6. The van der Waals surface area contributed by atoms with Gasteiger partial charge in [-0.15, -0.1) is 0 Å². The van der Waals surface area contributed by atoms with Crippen molar-refractivity contribution in [1.29, 1.82) is 0 Å². The number of hydrogen-bond acceptors (Lipinski definition) is 6. The largest absolute Gasteiger partial charge is 0.369 e. The van der Waals surface area contributed by atoms with E-state index in [2.05, 4.69) is 9.97 Å². The molecule has 0 atom stereocenters. The molecule has 1 aromatic carbocycles. The maximum absolute atomic E-state index is 12.4. The number of pyridine rings is 2. The first-order chi connectivity index (χ1) is 12.1. The molecule has 8 nitrogen and oxygen atoms in total. The van der Waals surface area contributed by atoms with E-state index in [-0.39, 0.29) is 22.1 Å². The lowest BCUT2D eigenvalue weighted by molar-refractivity contribution is -0.0585. The highest BCUT2D eigenvalue weighted by molar-refractivity contribution is 6.21. The van der Waals surface area contributed by atoms with Crippen molar-refractivity contribution in [2.24, 2.45) is 0 Å². The Balaban J connectivity index is 1.68. The summed E-state index contributed by atoms with van der Waals surface area (Å²) in [5.41, 5.74) is -0.174. The standard InChI is InChI=1S/C17H9N3O5/c21-14-11-7-18-6-5-13(11)19-8-12(14)17(24)25-20-15(22)9-3-1-2-4-10(9)16(20)23/h1-8H,(H,19,21). The first kappa shape index (κ1) is 14.8. The van der Waals surface area contributed by atoms with Crippen LogP contribution in [0.4, 0.5) is 0 Å². The Kier molecular flexibility index (Phi) is 3.17. The van der Waals surface area contributed by atoms with E-state index in [1.54, 1.807) is 18.2 Å². The molecule has 2 amide bonds. The molecule has 0 saturated heterocycles. The zero-order valence-electron chi connectivity index (χ0n) is 12.6. The molecule has 0 unspecified atom stereocenters. The topological polar surface area (TPSA) is 109 Å². The molecule has 1 aliphatic heterocycles. The fourth-order valence-corrected chi connectivity index (χ4v) is 2.60. The summed E-state index contributed by atoms with van der Waals surface area (Å²) in [4.78, 5) is 60.6. The average molecular weight is 335 g/mol. The fourth-order valence-electron chi connectivity index (χ4n) is 2.60. The van der Waals surface area contributed by atoms with Gasteiger partial charge in [-0.05, 0) is 18.2 Å². The monoisotopic (exact) mass is 335 g/mol. The van der Waals surface area contributed by atoms with Crippen molar-refractivity contribution in [3.63, 3.8) is 0 Å². The third kappa shape index (κ3) is 2.19. The molecular formula is C17H9N3O5. The van der Waals surface area contributed by atoms with Crippen LogP contribution >= 0.6 is 0 Å².